The monoisotopic (exact) mass is 308 g/mol. The summed E-state index contributed by atoms with van der Waals surface area (Å²) in [6.07, 6.45) is 4.25. The second-order valence-corrected chi connectivity index (χ2v) is 7.09. The van der Waals surface area contributed by atoms with E-state index in [1.165, 1.54) is 0 Å². The van der Waals surface area contributed by atoms with E-state index >= 15 is 0 Å². The zero-order chi connectivity index (χ0) is 15.7. The van der Waals surface area contributed by atoms with Crippen molar-refractivity contribution in [1.82, 2.24) is 21.3 Å². The molecule has 0 aromatic carbocycles. The van der Waals surface area contributed by atoms with Gasteiger partial charge in [-0.3, -0.25) is 9.98 Å². The van der Waals surface area contributed by atoms with Crippen molar-refractivity contribution in [3.05, 3.63) is 0 Å². The van der Waals surface area contributed by atoms with Gasteiger partial charge in [0.1, 0.15) is 0 Å². The second kappa shape index (κ2) is 8.72. The van der Waals surface area contributed by atoms with Crippen LogP contribution in [0.25, 0.3) is 0 Å². The van der Waals surface area contributed by atoms with Crippen molar-refractivity contribution < 1.29 is 0 Å². The van der Waals surface area contributed by atoms with Crippen molar-refractivity contribution >= 4 is 12.4 Å². The molecule has 0 saturated carbocycles. The Kier molecular flexibility index (Phi) is 6.95. The molecule has 6 nitrogen and oxygen atoms in total. The summed E-state index contributed by atoms with van der Waals surface area (Å²) in [7, 11) is 0. The molecule has 126 valence electrons. The minimum atomic E-state index is 0.0481. The predicted molar refractivity (Wildman–Crippen MR) is 94.4 cm³/mol. The molecular weight excluding hydrogens is 276 g/mol. The van der Waals surface area contributed by atoms with Crippen LogP contribution in [0.4, 0.5) is 0 Å². The number of nitrogens with zero attached hydrogens (tertiary/aromatic N) is 2. The molecule has 3 aliphatic heterocycles. The van der Waals surface area contributed by atoms with Gasteiger partial charge in [-0.15, -0.1) is 0 Å². The van der Waals surface area contributed by atoms with Crippen LogP contribution in [0.15, 0.2) is 9.98 Å². The van der Waals surface area contributed by atoms with Gasteiger partial charge in [0.25, 0.3) is 0 Å². The topological polar surface area (TPSA) is 72.8 Å². The standard InChI is InChI=1S/C16H32N6/c1-15-9-17-3-6-20-12-16(2,13-21-7-4-18-10-15)14-22-8-5-19-11-15/h9,13,18-20,22H,3-8,10-12,14H2,1-2H3. The van der Waals surface area contributed by atoms with Crippen LogP contribution in [0.1, 0.15) is 13.8 Å². The lowest BCUT2D eigenvalue weighted by molar-refractivity contribution is 0.379. The fourth-order valence-electron chi connectivity index (χ4n) is 2.84. The van der Waals surface area contributed by atoms with Gasteiger partial charge in [-0.1, -0.05) is 13.8 Å². The zero-order valence-electron chi connectivity index (χ0n) is 14.1. The summed E-state index contributed by atoms with van der Waals surface area (Å²) in [5, 5.41) is 14.2. The molecule has 0 fully saturated rings. The Morgan fingerprint density at radius 3 is 1.41 bits per heavy atom. The number of hydrogen-bond acceptors (Lipinski definition) is 6. The van der Waals surface area contributed by atoms with E-state index in [1.54, 1.807) is 0 Å². The molecule has 6 heteroatoms. The predicted octanol–water partition coefficient (Wildman–Crippen LogP) is -0.474. The third kappa shape index (κ3) is 6.12. The van der Waals surface area contributed by atoms with Gasteiger partial charge in [0.05, 0.1) is 13.1 Å². The number of rotatable bonds is 0. The van der Waals surface area contributed by atoms with Crippen LogP contribution >= 0.6 is 0 Å². The first-order chi connectivity index (χ1) is 10.6. The Morgan fingerprint density at radius 2 is 1.00 bits per heavy atom. The number of aliphatic imine (C=N–C) groups is 2. The summed E-state index contributed by atoms with van der Waals surface area (Å²) < 4.78 is 0. The molecule has 0 saturated heterocycles. The number of fused-ring (bicyclic) bond motifs is 13. The van der Waals surface area contributed by atoms with Crippen molar-refractivity contribution in [2.24, 2.45) is 20.8 Å². The van der Waals surface area contributed by atoms with Gasteiger partial charge in [0, 0.05) is 75.6 Å². The van der Waals surface area contributed by atoms with E-state index < -0.39 is 0 Å². The van der Waals surface area contributed by atoms with Crippen molar-refractivity contribution in [1.29, 1.82) is 0 Å². The SMILES string of the molecule is CC12C=NCCNCC(C)(C=NCCNC1)CNCCNC2. The van der Waals surface area contributed by atoms with Crippen LogP contribution in [0.3, 0.4) is 0 Å². The van der Waals surface area contributed by atoms with Gasteiger partial charge in [0.15, 0.2) is 0 Å². The van der Waals surface area contributed by atoms with Gasteiger partial charge in [-0.25, -0.2) is 0 Å². The van der Waals surface area contributed by atoms with E-state index in [0.717, 1.165) is 65.4 Å². The van der Waals surface area contributed by atoms with E-state index in [4.69, 9.17) is 0 Å². The number of hydrogen-bond donors (Lipinski definition) is 4. The summed E-state index contributed by atoms with van der Waals surface area (Å²) in [4.78, 5) is 9.28. The molecule has 0 radical (unpaired) electrons. The maximum absolute atomic E-state index is 4.64. The molecule has 0 spiro atoms. The summed E-state index contributed by atoms with van der Waals surface area (Å²) in [6.45, 7) is 13.7. The molecule has 4 N–H and O–H groups in total. The van der Waals surface area contributed by atoms with Crippen LogP contribution in [-0.2, 0) is 0 Å². The average molecular weight is 308 g/mol. The first kappa shape index (κ1) is 17.5. The fraction of sp³-hybridized carbons (Fsp3) is 0.875. The molecular formula is C16H32N6. The summed E-state index contributed by atoms with van der Waals surface area (Å²) >= 11 is 0. The van der Waals surface area contributed by atoms with E-state index in [2.05, 4.69) is 57.5 Å². The van der Waals surface area contributed by atoms with Crippen molar-refractivity contribution in [2.75, 3.05) is 65.4 Å². The molecule has 3 rings (SSSR count). The Bertz CT molecular complexity index is 347. The smallest absolute Gasteiger partial charge is 0.0510 e. The molecule has 0 amide bonds. The second-order valence-electron chi connectivity index (χ2n) is 7.09. The third-order valence-electron chi connectivity index (χ3n) is 4.24. The van der Waals surface area contributed by atoms with E-state index in [1.807, 2.05) is 0 Å². The van der Waals surface area contributed by atoms with Gasteiger partial charge in [0.2, 0.25) is 0 Å². The molecule has 2 bridgehead atoms. The maximum atomic E-state index is 4.64. The Morgan fingerprint density at radius 1 is 0.636 bits per heavy atom. The molecule has 2 atom stereocenters. The third-order valence-corrected chi connectivity index (χ3v) is 4.24. The lowest BCUT2D eigenvalue weighted by Gasteiger charge is -2.29. The normalized spacial score (nSPS) is 35.9. The molecule has 0 aromatic heterocycles. The Hall–Kier alpha value is -0.820. The molecule has 2 unspecified atom stereocenters. The van der Waals surface area contributed by atoms with Crippen molar-refractivity contribution in [3.63, 3.8) is 0 Å². The first-order valence-electron chi connectivity index (χ1n) is 8.47. The van der Waals surface area contributed by atoms with Crippen LogP contribution < -0.4 is 21.3 Å². The highest BCUT2D eigenvalue weighted by molar-refractivity contribution is 5.66. The highest BCUT2D eigenvalue weighted by Gasteiger charge is 2.23. The molecule has 22 heavy (non-hydrogen) atoms. The largest absolute Gasteiger partial charge is 0.315 e. The molecule has 0 aromatic rings. The minimum Gasteiger partial charge on any atom is -0.315 e. The molecule has 3 aliphatic rings. The quantitative estimate of drug-likeness (QED) is 0.488. The lowest BCUT2D eigenvalue weighted by atomic mass is 9.91. The van der Waals surface area contributed by atoms with E-state index in [9.17, 15) is 0 Å². The Balaban J connectivity index is 2.13. The van der Waals surface area contributed by atoms with Crippen molar-refractivity contribution in [2.45, 2.75) is 13.8 Å². The number of nitrogens with one attached hydrogen (secondary N) is 4. The van der Waals surface area contributed by atoms with Gasteiger partial charge in [-0.05, 0) is 0 Å². The van der Waals surface area contributed by atoms with Gasteiger partial charge < -0.3 is 21.3 Å². The first-order valence-corrected chi connectivity index (χ1v) is 8.47. The van der Waals surface area contributed by atoms with Crippen LogP contribution in [-0.4, -0.2) is 77.9 Å². The van der Waals surface area contributed by atoms with Crippen LogP contribution in [0, 0.1) is 10.8 Å². The highest BCUT2D eigenvalue weighted by Crippen LogP contribution is 2.12. The maximum Gasteiger partial charge on any atom is 0.0510 e. The summed E-state index contributed by atoms with van der Waals surface area (Å²) in [5.41, 5.74) is 0.0962. The molecule has 0 aliphatic carbocycles. The molecule has 3 heterocycles. The van der Waals surface area contributed by atoms with E-state index in [0.29, 0.717) is 0 Å². The minimum absolute atomic E-state index is 0.0481. The van der Waals surface area contributed by atoms with Crippen LogP contribution in [0.5, 0.6) is 0 Å². The van der Waals surface area contributed by atoms with E-state index in [-0.39, 0.29) is 10.8 Å². The average Bonchev–Trinajstić information content (AvgIpc) is 2.49. The highest BCUT2D eigenvalue weighted by atomic mass is 15.0. The van der Waals surface area contributed by atoms with Gasteiger partial charge in [-0.2, -0.15) is 0 Å². The zero-order valence-corrected chi connectivity index (χ0v) is 14.1. The Labute approximate surface area is 134 Å². The summed E-state index contributed by atoms with van der Waals surface area (Å²) in [5.74, 6) is 0. The fourth-order valence-corrected chi connectivity index (χ4v) is 2.84. The summed E-state index contributed by atoms with van der Waals surface area (Å²) in [6, 6.07) is 0. The van der Waals surface area contributed by atoms with Gasteiger partial charge >= 0.3 is 0 Å². The van der Waals surface area contributed by atoms with Crippen molar-refractivity contribution in [3.8, 4) is 0 Å². The van der Waals surface area contributed by atoms with Crippen LogP contribution in [0.2, 0.25) is 0 Å². The lowest BCUT2D eigenvalue weighted by Crippen LogP contribution is -2.47.